The summed E-state index contributed by atoms with van der Waals surface area (Å²) in [6.07, 6.45) is 6.87. The summed E-state index contributed by atoms with van der Waals surface area (Å²) in [6.45, 7) is 2.64. The molecule has 0 spiro atoms. The van der Waals surface area contributed by atoms with Gasteiger partial charge in [-0.2, -0.15) is 0 Å². The fraction of sp³-hybridized carbons (Fsp3) is 0.559. The van der Waals surface area contributed by atoms with Crippen molar-refractivity contribution < 1.29 is 136 Å². The molecular formula is C102H149N19O28. The van der Waals surface area contributed by atoms with E-state index >= 15 is 0 Å². The highest BCUT2D eigenvalue weighted by atomic mass is 16.4. The number of urea groups is 2. The first-order valence-corrected chi connectivity index (χ1v) is 50.9. The van der Waals surface area contributed by atoms with Crippen molar-refractivity contribution >= 4 is 125 Å². The third-order valence-electron chi connectivity index (χ3n) is 24.1. The van der Waals surface area contributed by atoms with E-state index < -0.39 is 175 Å². The van der Waals surface area contributed by atoms with Crippen molar-refractivity contribution in [3.05, 3.63) is 144 Å². The van der Waals surface area contributed by atoms with Crippen molar-refractivity contribution in [2.24, 2.45) is 0 Å². The predicted molar refractivity (Wildman–Crippen MR) is 543 cm³/mol. The molecule has 16 amide bonds. The largest absolute Gasteiger partial charge is 0.481 e. The summed E-state index contributed by atoms with van der Waals surface area (Å²) in [4.78, 5) is 271. The highest BCUT2D eigenvalue weighted by Gasteiger charge is 2.33. The molecule has 0 radical (unpaired) electrons. The van der Waals surface area contributed by atoms with Crippen LogP contribution in [0, 0.1) is 0 Å². The number of rotatable bonds is 76. The number of aliphatic carboxylic acids is 7. The Morgan fingerprint density at radius 2 is 0.450 bits per heavy atom. The molecule has 47 nitrogen and oxygen atoms in total. The standard InChI is InChI=1S/C102H149N19O28/c122-82(103-49-25-21-37-74(97(140)141)115-101(148)117-76(99(144)145)45-47-90(130)131)39-19-3-1-5-23-51-109-93(136)78(63-70-29-11-7-12-30-70)113-95(138)80(65-72-33-15-9-16-34-72)111-86(126)43-27-41-84(124)105-53-55-107-88(128)67-119-57-58-120(60-62-121(61-59-119)69-92(134)135)68-89(129)108-56-54-106-85(125)42-28-44-87(127)112-81(66-73-35-17-10-18-36-73)96(139)114-79(64-71-31-13-8-14-32-71)94(137)110-52-24-6-2-4-20-40-83(123)104-50-26-22-38-75(98(142)143)116-102(149)118-77(100(146)147)46-48-91(132)133/h7-18,29-36,74-81H,1-6,19-28,37-69H2,(H,103,122)(H,104,123)(H,105,124)(H,106,125)(H,107,128)(H,108,129)(H,109,136)(H,110,137)(H,111,126)(H,112,127)(H,113,138)(H,114,139)(H,130,131)(H,132,133)(H,134,135)(H,140,141)(H,142,143)(H,144,145)(H,146,147)(H2,115,117,148)(H2,116,118,149). The van der Waals surface area contributed by atoms with E-state index in [1.807, 2.05) is 46.2 Å². The van der Waals surface area contributed by atoms with Crippen LogP contribution in [0.1, 0.15) is 202 Å². The Morgan fingerprint density at radius 3 is 0.745 bits per heavy atom. The third kappa shape index (κ3) is 58.4. The molecule has 5 rings (SSSR count). The Morgan fingerprint density at radius 1 is 0.208 bits per heavy atom. The normalized spacial score (nSPS) is 13.7. The first kappa shape index (κ1) is 125. The summed E-state index contributed by atoms with van der Waals surface area (Å²) in [6, 6.07) is 23.8. The van der Waals surface area contributed by atoms with Gasteiger partial charge in [-0.3, -0.25) is 86.6 Å². The second-order valence-electron chi connectivity index (χ2n) is 36.4. The minimum absolute atomic E-state index is 0.0217. The molecule has 820 valence electrons. The van der Waals surface area contributed by atoms with Crippen LogP contribution in [0.2, 0.25) is 0 Å². The lowest BCUT2D eigenvalue weighted by molar-refractivity contribution is -0.142. The lowest BCUT2D eigenvalue weighted by atomic mass is 10.0. The van der Waals surface area contributed by atoms with Crippen molar-refractivity contribution in [3.63, 3.8) is 0 Å². The molecule has 1 aliphatic rings. The first-order chi connectivity index (χ1) is 71.5. The summed E-state index contributed by atoms with van der Waals surface area (Å²) in [5.74, 6) is -14.4. The Hall–Kier alpha value is -14.8. The van der Waals surface area contributed by atoms with Gasteiger partial charge in [0, 0.05) is 169 Å². The molecule has 8 unspecified atom stereocenters. The summed E-state index contributed by atoms with van der Waals surface area (Å²) < 4.78 is 0. The molecule has 8 atom stereocenters. The van der Waals surface area contributed by atoms with E-state index in [0.29, 0.717) is 103 Å². The van der Waals surface area contributed by atoms with E-state index in [1.54, 1.807) is 89.8 Å². The molecular weight excluding hydrogens is 1940 g/mol. The van der Waals surface area contributed by atoms with Gasteiger partial charge in [0.05, 0.1) is 19.6 Å². The van der Waals surface area contributed by atoms with Crippen LogP contribution in [0.3, 0.4) is 0 Å². The van der Waals surface area contributed by atoms with E-state index in [2.05, 4.69) is 85.1 Å². The van der Waals surface area contributed by atoms with E-state index in [1.165, 1.54) is 0 Å². The first-order valence-electron chi connectivity index (χ1n) is 50.9. The second kappa shape index (κ2) is 73.3. The van der Waals surface area contributed by atoms with Gasteiger partial charge in [0.1, 0.15) is 48.3 Å². The van der Waals surface area contributed by atoms with Crippen molar-refractivity contribution in [2.45, 2.75) is 254 Å². The van der Waals surface area contributed by atoms with Crippen molar-refractivity contribution in [3.8, 4) is 0 Å². The summed E-state index contributed by atoms with van der Waals surface area (Å²) in [5, 5.41) is 108. The zero-order valence-corrected chi connectivity index (χ0v) is 84.4. The number of nitrogens with zero attached hydrogens (tertiary/aromatic N) is 3. The smallest absolute Gasteiger partial charge is 0.326 e. The van der Waals surface area contributed by atoms with E-state index in [4.69, 9.17) is 10.2 Å². The maximum absolute atomic E-state index is 14.3. The van der Waals surface area contributed by atoms with E-state index in [0.717, 1.165) is 47.9 Å². The Labute approximate surface area is 865 Å². The van der Waals surface area contributed by atoms with Crippen molar-refractivity contribution in [2.75, 3.05) is 111 Å². The summed E-state index contributed by atoms with van der Waals surface area (Å²) in [5.41, 5.74) is 2.99. The van der Waals surface area contributed by atoms with Gasteiger partial charge in [0.15, 0.2) is 0 Å². The maximum Gasteiger partial charge on any atom is 0.326 e. The fourth-order valence-electron chi connectivity index (χ4n) is 15.9. The quantitative estimate of drug-likeness (QED) is 0.0277. The number of carbonyl (C=O) groups excluding carboxylic acids is 14. The molecule has 47 heteroatoms. The molecule has 23 N–H and O–H groups in total. The van der Waals surface area contributed by atoms with E-state index in [9.17, 15) is 126 Å². The average molecular weight is 2090 g/mol. The van der Waals surface area contributed by atoms with Crippen LogP contribution in [-0.4, -0.2) is 335 Å². The minimum atomic E-state index is -1.54. The molecule has 1 saturated heterocycles. The van der Waals surface area contributed by atoms with Gasteiger partial charge in [-0.05, 0) is 112 Å². The molecule has 1 fully saturated rings. The lowest BCUT2D eigenvalue weighted by Crippen LogP contribution is -2.55. The number of amides is 16. The number of carboxylic acid groups (broad SMARTS) is 7. The van der Waals surface area contributed by atoms with Crippen LogP contribution in [0.5, 0.6) is 0 Å². The third-order valence-corrected chi connectivity index (χ3v) is 24.1. The monoisotopic (exact) mass is 2090 g/mol. The second-order valence-corrected chi connectivity index (χ2v) is 36.4. The Kier molecular flexibility index (Phi) is 61.4. The number of hydrogen-bond acceptors (Lipinski definition) is 24. The molecule has 149 heavy (non-hydrogen) atoms. The molecule has 0 aromatic heterocycles. The highest BCUT2D eigenvalue weighted by Crippen LogP contribution is 2.16. The number of hydrogen-bond donors (Lipinski definition) is 23. The molecule has 4 aromatic carbocycles. The van der Waals surface area contributed by atoms with Gasteiger partial charge in [0.25, 0.3) is 0 Å². The summed E-state index contributed by atoms with van der Waals surface area (Å²) in [7, 11) is 0. The highest BCUT2D eigenvalue weighted by molar-refractivity contribution is 5.95. The van der Waals surface area contributed by atoms with Gasteiger partial charge >= 0.3 is 53.8 Å². The van der Waals surface area contributed by atoms with Gasteiger partial charge in [-0.25, -0.2) is 28.8 Å². The topological polar surface area (TPSA) is 702 Å². The number of benzene rings is 4. The van der Waals surface area contributed by atoms with Gasteiger partial charge in [-0.1, -0.05) is 160 Å². The van der Waals surface area contributed by atoms with Crippen molar-refractivity contribution in [1.82, 2.24) is 99.8 Å². The zero-order valence-electron chi connectivity index (χ0n) is 84.4. The van der Waals surface area contributed by atoms with Crippen LogP contribution in [0.25, 0.3) is 0 Å². The predicted octanol–water partition coefficient (Wildman–Crippen LogP) is 1.33. The summed E-state index contributed by atoms with van der Waals surface area (Å²) >= 11 is 0. The number of carbonyl (C=O) groups is 21. The SMILES string of the molecule is O=C(O)CCC(NC(=O)NC(CCCCNC(=O)CCCCCCCNC(=O)C(Cc1ccccc1)NC(=O)C(Cc1ccccc1)NC(=O)CCCC(=O)NCCNC(=O)CN1CCN(CC(=O)O)CCN(CC(=O)NCCNC(=O)CCCC(=O)NC(Cc2ccccc2)C(=O)NC(Cc2ccccc2)C(=O)NCCCCCCCC(=O)NCCCCC(NC(=O)NC(CCC(=O)O)C(=O)O)C(=O)O)CC1)C(=O)O)C(=O)O. The molecule has 4 aromatic rings. The molecule has 0 bridgehead atoms. The Bertz CT molecular complexity index is 4610. The van der Waals surface area contributed by atoms with Gasteiger partial charge in [0.2, 0.25) is 70.9 Å². The fourth-order valence-corrected chi connectivity index (χ4v) is 15.9. The van der Waals surface area contributed by atoms with Crippen LogP contribution in [0.4, 0.5) is 9.59 Å². The van der Waals surface area contributed by atoms with E-state index in [-0.39, 0.29) is 186 Å². The van der Waals surface area contributed by atoms with Gasteiger partial charge < -0.3 is 121 Å². The van der Waals surface area contributed by atoms with Crippen molar-refractivity contribution in [1.29, 1.82) is 0 Å². The zero-order chi connectivity index (χ0) is 109. The van der Waals surface area contributed by atoms with Gasteiger partial charge in [-0.15, -0.1) is 0 Å². The maximum atomic E-state index is 14.3. The molecule has 0 aliphatic carbocycles. The lowest BCUT2D eigenvalue weighted by Gasteiger charge is -2.25. The average Bonchev–Trinajstić information content (AvgIpc) is 1.03. The Balaban J connectivity index is 0.974. The molecule has 1 heterocycles. The van der Waals surface area contributed by atoms with Crippen LogP contribution in [-0.2, 0) is 117 Å². The number of nitrogens with one attached hydrogen (secondary N) is 16. The minimum Gasteiger partial charge on any atom is -0.481 e. The van der Waals surface area contributed by atoms with Crippen LogP contribution in [0.15, 0.2) is 121 Å². The van der Waals surface area contributed by atoms with Crippen LogP contribution >= 0.6 is 0 Å². The number of unbranched alkanes of at least 4 members (excludes halogenated alkanes) is 10. The molecule has 1 aliphatic heterocycles. The number of carboxylic acids is 7. The molecule has 0 saturated carbocycles. The van der Waals surface area contributed by atoms with Crippen LogP contribution < -0.4 is 85.1 Å².